The third kappa shape index (κ3) is 8.12. The van der Waals surface area contributed by atoms with Crippen molar-refractivity contribution in [2.75, 3.05) is 18.9 Å². The smallest absolute Gasteiger partial charge is 0.481 e. The van der Waals surface area contributed by atoms with Crippen molar-refractivity contribution < 1.29 is 81.6 Å². The fourth-order valence-electron chi connectivity index (χ4n) is 4.24. The first-order valence-electron chi connectivity index (χ1n) is 12.6. The lowest BCUT2D eigenvalue weighted by molar-refractivity contribution is -0.173. The van der Waals surface area contributed by atoms with E-state index in [1.165, 1.54) is 10.9 Å². The van der Waals surface area contributed by atoms with E-state index >= 15 is 0 Å². The van der Waals surface area contributed by atoms with Crippen LogP contribution in [0.1, 0.15) is 25.5 Å². The topological polar surface area (TPSA) is 335 Å². The Morgan fingerprint density at radius 3 is 2.20 bits per heavy atom. The molecule has 0 aromatic carbocycles. The van der Waals surface area contributed by atoms with E-state index in [1.807, 2.05) is 0 Å². The molecule has 2 aromatic heterocycles. The van der Waals surface area contributed by atoms with Gasteiger partial charge in [0.15, 0.2) is 30.1 Å². The number of fused-ring (bicyclic) bond motifs is 1. The highest BCUT2D eigenvalue weighted by molar-refractivity contribution is 7.61. The van der Waals surface area contributed by atoms with Crippen LogP contribution in [0.15, 0.2) is 12.7 Å². The first kappa shape index (κ1) is 34.2. The number of hydrogen-bond donors (Lipinski definition) is 8. The van der Waals surface area contributed by atoms with Crippen LogP contribution in [-0.2, 0) is 46.3 Å². The summed E-state index contributed by atoms with van der Waals surface area (Å²) in [4.78, 5) is 54.0. The van der Waals surface area contributed by atoms with Gasteiger partial charge in [-0.2, -0.15) is 4.31 Å². The standard InChI is InChI=1S/C20H29N5O17P2/c21-17-12-18(23-6-22-17)25(7-24-12)19-15(31)13(29)8(39-19)4-37-43(33,34)42-44(35,36)38-5-9-14(30)16(20(32)40-9)41-11(28)3-1-2-10(26)27/h6-9,13-16,19-20,29-32H,1-5H2,(H,26,27)(H,33,34)(H,35,36)(H2,21,22,23)/t8-,9-,13-,14-,15-,16-,19-,20?/m1/s1. The molecule has 24 heteroatoms. The molecule has 3 unspecified atom stereocenters. The van der Waals surface area contributed by atoms with Gasteiger partial charge in [-0.3, -0.25) is 23.2 Å². The van der Waals surface area contributed by atoms with Crippen LogP contribution in [0.4, 0.5) is 5.82 Å². The first-order valence-corrected chi connectivity index (χ1v) is 15.6. The number of esters is 1. The number of anilines is 1. The SMILES string of the molecule is Nc1ncnc2c1ncn2[C@@H]1O[C@H](COP(=O)(O)OP(=O)(O)OC[C@H]2OC(O)[C@H](OC(=O)CCCC(=O)O)[C@@H]2O)[C@@H](O)[C@H]1O. The molecule has 10 atom stereocenters. The van der Waals surface area contributed by atoms with E-state index in [1.54, 1.807) is 0 Å². The van der Waals surface area contributed by atoms with Gasteiger partial charge in [0.05, 0.1) is 19.5 Å². The largest absolute Gasteiger partial charge is 0.481 e. The van der Waals surface area contributed by atoms with E-state index in [0.717, 1.165) is 6.33 Å². The average Bonchev–Trinajstić information content (AvgIpc) is 3.56. The Hall–Kier alpha value is -2.69. The van der Waals surface area contributed by atoms with Crippen LogP contribution < -0.4 is 5.73 Å². The highest BCUT2D eigenvalue weighted by atomic mass is 31.3. The lowest BCUT2D eigenvalue weighted by atomic mass is 10.1. The Morgan fingerprint density at radius 1 is 0.932 bits per heavy atom. The predicted molar refractivity (Wildman–Crippen MR) is 137 cm³/mol. The van der Waals surface area contributed by atoms with E-state index < -0.39 is 89.9 Å². The van der Waals surface area contributed by atoms with Crippen molar-refractivity contribution in [1.29, 1.82) is 0 Å². The van der Waals surface area contributed by atoms with Crippen LogP contribution in [0.2, 0.25) is 0 Å². The predicted octanol–water partition coefficient (Wildman–Crippen LogP) is -2.48. The molecule has 4 heterocycles. The molecule has 0 aliphatic carbocycles. The number of hydrogen-bond acceptors (Lipinski definition) is 18. The number of aromatic nitrogens is 4. The summed E-state index contributed by atoms with van der Waals surface area (Å²) in [7, 11) is -10.8. The number of aliphatic carboxylic acids is 1. The van der Waals surface area contributed by atoms with Gasteiger partial charge in [-0.1, -0.05) is 0 Å². The Morgan fingerprint density at radius 2 is 1.57 bits per heavy atom. The molecule has 0 bridgehead atoms. The van der Waals surface area contributed by atoms with Crippen LogP contribution >= 0.6 is 15.6 Å². The summed E-state index contributed by atoms with van der Waals surface area (Å²) in [6.07, 6.45) is -11.4. The number of carbonyl (C=O) groups excluding carboxylic acids is 1. The Kier molecular flexibility index (Phi) is 10.7. The van der Waals surface area contributed by atoms with Gasteiger partial charge < -0.3 is 55.3 Å². The molecule has 4 rings (SSSR count). The van der Waals surface area contributed by atoms with Gasteiger partial charge in [0.25, 0.3) is 0 Å². The third-order valence-electron chi connectivity index (χ3n) is 6.36. The average molecular weight is 673 g/mol. The number of nitrogens with two attached hydrogens (primary N) is 1. The molecule has 22 nitrogen and oxygen atoms in total. The molecule has 44 heavy (non-hydrogen) atoms. The molecule has 0 amide bonds. The second kappa shape index (κ2) is 13.7. The quantitative estimate of drug-likeness (QED) is 0.0760. The van der Waals surface area contributed by atoms with Gasteiger partial charge >= 0.3 is 27.6 Å². The van der Waals surface area contributed by atoms with E-state index in [2.05, 4.69) is 28.3 Å². The van der Waals surface area contributed by atoms with Crippen molar-refractivity contribution >= 4 is 44.6 Å². The highest BCUT2D eigenvalue weighted by Crippen LogP contribution is 2.60. The van der Waals surface area contributed by atoms with E-state index in [9.17, 15) is 48.9 Å². The summed E-state index contributed by atoms with van der Waals surface area (Å²) in [6, 6.07) is 0. The van der Waals surface area contributed by atoms with Crippen LogP contribution in [0.5, 0.6) is 0 Å². The van der Waals surface area contributed by atoms with Crippen LogP contribution in [0.3, 0.4) is 0 Å². The minimum Gasteiger partial charge on any atom is -0.481 e. The maximum atomic E-state index is 12.3. The molecule has 0 radical (unpaired) electrons. The van der Waals surface area contributed by atoms with Gasteiger partial charge in [0.2, 0.25) is 0 Å². The summed E-state index contributed by atoms with van der Waals surface area (Å²) in [5.74, 6) is -2.07. The van der Waals surface area contributed by atoms with Gasteiger partial charge in [-0.25, -0.2) is 24.1 Å². The minimum absolute atomic E-state index is 0.0362. The van der Waals surface area contributed by atoms with Crippen LogP contribution in [0.25, 0.3) is 11.2 Å². The number of phosphoric ester groups is 2. The second-order valence-corrected chi connectivity index (χ2v) is 12.5. The zero-order valence-corrected chi connectivity index (χ0v) is 24.1. The number of aliphatic hydroxyl groups excluding tert-OH is 4. The molecular weight excluding hydrogens is 644 g/mol. The van der Waals surface area contributed by atoms with Crippen LogP contribution in [0, 0.1) is 0 Å². The Balaban J connectivity index is 1.27. The van der Waals surface area contributed by atoms with Gasteiger partial charge in [-0.15, -0.1) is 0 Å². The number of nitrogens with zero attached hydrogens (tertiary/aromatic N) is 4. The molecule has 2 saturated heterocycles. The zero-order valence-electron chi connectivity index (χ0n) is 22.3. The number of aliphatic hydroxyl groups is 4. The van der Waals surface area contributed by atoms with Gasteiger partial charge in [-0.05, 0) is 6.42 Å². The number of rotatable bonds is 14. The van der Waals surface area contributed by atoms with Crippen LogP contribution in [-0.4, -0.2) is 123 Å². The fourth-order valence-corrected chi connectivity index (χ4v) is 6.33. The molecule has 2 aliphatic heterocycles. The van der Waals surface area contributed by atoms with Crippen molar-refractivity contribution in [3.8, 4) is 0 Å². The molecule has 2 aromatic rings. The summed E-state index contributed by atoms with van der Waals surface area (Å²) in [5.41, 5.74) is 6.06. The van der Waals surface area contributed by atoms with E-state index in [0.29, 0.717) is 0 Å². The molecule has 9 N–H and O–H groups in total. The van der Waals surface area contributed by atoms with Crippen molar-refractivity contribution in [3.63, 3.8) is 0 Å². The summed E-state index contributed by atoms with van der Waals surface area (Å²) in [5, 5.41) is 49.6. The number of phosphoric acid groups is 2. The monoisotopic (exact) mass is 673 g/mol. The molecule has 0 saturated carbocycles. The summed E-state index contributed by atoms with van der Waals surface area (Å²) >= 11 is 0. The second-order valence-electron chi connectivity index (χ2n) is 9.50. The number of nitrogen functional groups attached to an aromatic ring is 1. The van der Waals surface area contributed by atoms with Crippen molar-refractivity contribution in [3.05, 3.63) is 12.7 Å². The van der Waals surface area contributed by atoms with Gasteiger partial charge in [0, 0.05) is 12.8 Å². The molecule has 246 valence electrons. The van der Waals surface area contributed by atoms with Crippen molar-refractivity contribution in [2.24, 2.45) is 0 Å². The Labute approximate surface area is 246 Å². The molecular formula is C20H29N5O17P2. The lowest BCUT2D eigenvalue weighted by Crippen LogP contribution is -2.38. The van der Waals surface area contributed by atoms with E-state index in [-0.39, 0.29) is 36.2 Å². The third-order valence-corrected chi connectivity index (χ3v) is 8.96. The Bertz CT molecular complexity index is 1440. The van der Waals surface area contributed by atoms with Crippen molar-refractivity contribution in [1.82, 2.24) is 19.5 Å². The maximum absolute atomic E-state index is 12.3. The number of carboxylic acid groups (broad SMARTS) is 1. The number of carbonyl (C=O) groups is 2. The normalized spacial score (nSPS) is 31.5. The van der Waals surface area contributed by atoms with E-state index in [4.69, 9.17) is 25.1 Å². The highest BCUT2D eigenvalue weighted by Gasteiger charge is 2.48. The number of imidazole rings is 1. The number of ether oxygens (including phenoxy) is 3. The molecule has 0 spiro atoms. The fraction of sp³-hybridized carbons (Fsp3) is 0.650. The maximum Gasteiger partial charge on any atom is 0.481 e. The minimum atomic E-state index is -5.42. The lowest BCUT2D eigenvalue weighted by Gasteiger charge is -2.21. The van der Waals surface area contributed by atoms with Crippen molar-refractivity contribution in [2.45, 2.75) is 68.4 Å². The summed E-state index contributed by atoms with van der Waals surface area (Å²) in [6.45, 7) is -1.94. The summed E-state index contributed by atoms with van der Waals surface area (Å²) < 4.78 is 54.6. The zero-order chi connectivity index (χ0) is 32.4. The van der Waals surface area contributed by atoms with Gasteiger partial charge in [0.1, 0.15) is 42.4 Å². The first-order chi connectivity index (χ1) is 20.6. The molecule has 2 fully saturated rings. The molecule has 2 aliphatic rings. The number of carboxylic acids is 1.